The number of carbonyl (C=O) groups is 2. The van der Waals surface area contributed by atoms with E-state index < -0.39 is 11.5 Å². The first-order valence-electron chi connectivity index (χ1n) is 8.19. The van der Waals surface area contributed by atoms with E-state index in [4.69, 9.17) is 4.52 Å². The SMILES string of the molecule is CC1CCC(NC(=O)CCc2nc(C(C)C)no2)(C(=O)O)CC1. The zero-order valence-corrected chi connectivity index (χ0v) is 14.0. The maximum Gasteiger partial charge on any atom is 0.329 e. The first kappa shape index (κ1) is 17.4. The molecule has 0 aromatic carbocycles. The van der Waals surface area contributed by atoms with Crippen molar-refractivity contribution in [2.45, 2.75) is 70.8 Å². The lowest BCUT2D eigenvalue weighted by Gasteiger charge is -2.36. The number of carbonyl (C=O) groups excluding carboxylic acids is 1. The van der Waals surface area contributed by atoms with Crippen LogP contribution in [0.3, 0.4) is 0 Å². The van der Waals surface area contributed by atoms with Crippen LogP contribution in [0, 0.1) is 5.92 Å². The minimum Gasteiger partial charge on any atom is -0.480 e. The van der Waals surface area contributed by atoms with Crippen LogP contribution in [-0.4, -0.2) is 32.7 Å². The van der Waals surface area contributed by atoms with Gasteiger partial charge in [-0.15, -0.1) is 0 Å². The van der Waals surface area contributed by atoms with E-state index in [-0.39, 0.29) is 18.2 Å². The molecule has 0 aliphatic heterocycles. The summed E-state index contributed by atoms with van der Waals surface area (Å²) in [6, 6.07) is 0. The Morgan fingerprint density at radius 3 is 2.57 bits per heavy atom. The summed E-state index contributed by atoms with van der Waals surface area (Å²) in [5, 5.41) is 16.1. The third kappa shape index (κ3) is 4.30. The molecule has 1 fully saturated rings. The molecule has 0 atom stereocenters. The molecule has 1 amide bonds. The minimum atomic E-state index is -1.12. The van der Waals surface area contributed by atoms with Crippen molar-refractivity contribution in [1.82, 2.24) is 15.5 Å². The van der Waals surface area contributed by atoms with Gasteiger partial charge in [-0.05, 0) is 31.6 Å². The van der Waals surface area contributed by atoms with Crippen LogP contribution in [0.5, 0.6) is 0 Å². The lowest BCUT2D eigenvalue weighted by Crippen LogP contribution is -2.56. The van der Waals surface area contributed by atoms with Crippen molar-refractivity contribution in [3.63, 3.8) is 0 Å². The third-order valence-electron chi connectivity index (χ3n) is 4.48. The fourth-order valence-electron chi connectivity index (χ4n) is 2.80. The van der Waals surface area contributed by atoms with Crippen LogP contribution in [0.15, 0.2) is 4.52 Å². The van der Waals surface area contributed by atoms with Crippen LogP contribution in [-0.2, 0) is 16.0 Å². The highest BCUT2D eigenvalue weighted by Crippen LogP contribution is 2.32. The second-order valence-corrected chi connectivity index (χ2v) is 6.82. The molecule has 7 nitrogen and oxygen atoms in total. The number of hydrogen-bond donors (Lipinski definition) is 2. The molecule has 0 bridgehead atoms. The van der Waals surface area contributed by atoms with Crippen molar-refractivity contribution in [3.05, 3.63) is 11.7 Å². The first-order chi connectivity index (χ1) is 10.8. The quantitative estimate of drug-likeness (QED) is 0.832. The minimum absolute atomic E-state index is 0.143. The van der Waals surface area contributed by atoms with E-state index >= 15 is 0 Å². The van der Waals surface area contributed by atoms with Crippen molar-refractivity contribution < 1.29 is 19.2 Å². The van der Waals surface area contributed by atoms with Gasteiger partial charge in [-0.1, -0.05) is 25.9 Å². The summed E-state index contributed by atoms with van der Waals surface area (Å²) in [7, 11) is 0. The molecular formula is C16H25N3O4. The summed E-state index contributed by atoms with van der Waals surface area (Å²) < 4.78 is 5.10. The van der Waals surface area contributed by atoms with Gasteiger partial charge in [0.2, 0.25) is 11.8 Å². The second kappa shape index (κ2) is 7.10. The molecule has 1 aliphatic rings. The van der Waals surface area contributed by atoms with E-state index in [2.05, 4.69) is 22.4 Å². The number of hydrogen-bond acceptors (Lipinski definition) is 5. The Kier molecular flexibility index (Phi) is 5.38. The Morgan fingerprint density at radius 2 is 2.04 bits per heavy atom. The fourth-order valence-corrected chi connectivity index (χ4v) is 2.80. The molecule has 1 aliphatic carbocycles. The largest absolute Gasteiger partial charge is 0.480 e. The van der Waals surface area contributed by atoms with Crippen LogP contribution in [0.4, 0.5) is 0 Å². The Balaban J connectivity index is 1.90. The molecule has 23 heavy (non-hydrogen) atoms. The monoisotopic (exact) mass is 323 g/mol. The molecule has 2 rings (SSSR count). The van der Waals surface area contributed by atoms with Gasteiger partial charge in [0, 0.05) is 18.8 Å². The topological polar surface area (TPSA) is 105 Å². The average molecular weight is 323 g/mol. The fraction of sp³-hybridized carbons (Fsp3) is 0.750. The van der Waals surface area contributed by atoms with Crippen molar-refractivity contribution in [2.24, 2.45) is 5.92 Å². The third-order valence-corrected chi connectivity index (χ3v) is 4.48. The molecule has 2 N–H and O–H groups in total. The Labute approximate surface area is 135 Å². The highest BCUT2D eigenvalue weighted by molar-refractivity contribution is 5.87. The standard InChI is InChI=1S/C16H25N3O4/c1-10(2)14-17-13(23-19-14)5-4-12(20)18-16(15(21)22)8-6-11(3)7-9-16/h10-11H,4-9H2,1-3H3,(H,18,20)(H,21,22). The molecule has 0 saturated heterocycles. The highest BCUT2D eigenvalue weighted by atomic mass is 16.5. The Hall–Kier alpha value is -1.92. The maximum atomic E-state index is 12.2. The Bertz CT molecular complexity index is 559. The number of rotatable bonds is 6. The van der Waals surface area contributed by atoms with E-state index in [0.29, 0.717) is 36.9 Å². The van der Waals surface area contributed by atoms with Crippen LogP contribution in [0.25, 0.3) is 0 Å². The summed E-state index contributed by atoms with van der Waals surface area (Å²) in [6.45, 7) is 6.03. The van der Waals surface area contributed by atoms with Crippen LogP contribution >= 0.6 is 0 Å². The van der Waals surface area contributed by atoms with Crippen molar-refractivity contribution in [1.29, 1.82) is 0 Å². The predicted molar refractivity (Wildman–Crippen MR) is 82.8 cm³/mol. The van der Waals surface area contributed by atoms with Crippen molar-refractivity contribution in [2.75, 3.05) is 0 Å². The van der Waals surface area contributed by atoms with Crippen LogP contribution in [0.1, 0.15) is 70.5 Å². The molecule has 0 radical (unpaired) electrons. The molecule has 1 aromatic rings. The summed E-state index contributed by atoms with van der Waals surface area (Å²) in [4.78, 5) is 28.0. The summed E-state index contributed by atoms with van der Waals surface area (Å²) in [5.41, 5.74) is -1.12. The van der Waals surface area contributed by atoms with E-state index in [9.17, 15) is 14.7 Å². The molecule has 1 aromatic heterocycles. The number of carboxylic acids is 1. The molecule has 1 heterocycles. The van der Waals surface area contributed by atoms with Crippen molar-refractivity contribution >= 4 is 11.9 Å². The average Bonchev–Trinajstić information content (AvgIpc) is 2.97. The van der Waals surface area contributed by atoms with Crippen LogP contribution in [0.2, 0.25) is 0 Å². The number of amides is 1. The smallest absolute Gasteiger partial charge is 0.329 e. The van der Waals surface area contributed by atoms with Gasteiger partial charge in [0.05, 0.1) is 0 Å². The number of nitrogens with zero attached hydrogens (tertiary/aromatic N) is 2. The number of nitrogens with one attached hydrogen (secondary N) is 1. The summed E-state index contributed by atoms with van der Waals surface area (Å²) in [6.07, 6.45) is 3.05. The number of carboxylic acid groups (broad SMARTS) is 1. The first-order valence-corrected chi connectivity index (χ1v) is 8.19. The predicted octanol–water partition coefficient (Wildman–Crippen LogP) is 2.28. The molecule has 0 spiro atoms. The Morgan fingerprint density at radius 1 is 1.39 bits per heavy atom. The van der Waals surface area contributed by atoms with E-state index in [1.54, 1.807) is 0 Å². The van der Waals surface area contributed by atoms with Gasteiger partial charge in [-0.2, -0.15) is 4.98 Å². The van der Waals surface area contributed by atoms with E-state index in [0.717, 1.165) is 12.8 Å². The molecule has 7 heteroatoms. The summed E-state index contributed by atoms with van der Waals surface area (Å²) in [5.74, 6) is 0.464. The van der Waals surface area contributed by atoms with Gasteiger partial charge in [0.25, 0.3) is 0 Å². The van der Waals surface area contributed by atoms with Gasteiger partial charge >= 0.3 is 5.97 Å². The summed E-state index contributed by atoms with van der Waals surface area (Å²) >= 11 is 0. The van der Waals surface area contributed by atoms with E-state index in [1.165, 1.54) is 0 Å². The van der Waals surface area contributed by atoms with Gasteiger partial charge in [-0.25, -0.2) is 4.79 Å². The number of aromatic nitrogens is 2. The number of aryl methyl sites for hydroxylation is 1. The normalized spacial score (nSPS) is 24.6. The zero-order valence-electron chi connectivity index (χ0n) is 14.0. The highest BCUT2D eigenvalue weighted by Gasteiger charge is 2.42. The van der Waals surface area contributed by atoms with Crippen LogP contribution < -0.4 is 5.32 Å². The maximum absolute atomic E-state index is 12.2. The van der Waals surface area contributed by atoms with Gasteiger partial charge < -0.3 is 14.9 Å². The molecule has 128 valence electrons. The van der Waals surface area contributed by atoms with Gasteiger partial charge in [0.1, 0.15) is 5.54 Å². The lowest BCUT2D eigenvalue weighted by atomic mass is 9.77. The molecule has 1 saturated carbocycles. The molecular weight excluding hydrogens is 298 g/mol. The van der Waals surface area contributed by atoms with E-state index in [1.807, 2.05) is 13.8 Å². The van der Waals surface area contributed by atoms with Crippen molar-refractivity contribution in [3.8, 4) is 0 Å². The molecule has 0 unspecified atom stereocenters. The second-order valence-electron chi connectivity index (χ2n) is 6.82. The number of aliphatic carboxylic acids is 1. The lowest BCUT2D eigenvalue weighted by molar-refractivity contribution is -0.149. The van der Waals surface area contributed by atoms with Gasteiger partial charge in [-0.3, -0.25) is 4.79 Å². The zero-order chi connectivity index (χ0) is 17.0. The van der Waals surface area contributed by atoms with Gasteiger partial charge in [0.15, 0.2) is 5.82 Å².